The molecular formula is C23H27N5O7. The number of piperidine rings is 1. The molecule has 0 unspecified atom stereocenters. The van der Waals surface area contributed by atoms with Crippen LogP contribution < -0.4 is 30.3 Å². The summed E-state index contributed by atoms with van der Waals surface area (Å²) in [7, 11) is 4.33. The predicted molar refractivity (Wildman–Crippen MR) is 128 cm³/mol. The van der Waals surface area contributed by atoms with Crippen LogP contribution >= 0.6 is 0 Å². The normalized spacial score (nSPS) is 14.0. The number of ether oxygens (including phenoxy) is 3. The Bertz CT molecular complexity index is 1120. The first kappa shape index (κ1) is 25.3. The third-order valence-corrected chi connectivity index (χ3v) is 5.76. The molecule has 3 N–H and O–H groups in total. The molecule has 12 nitrogen and oxygen atoms in total. The van der Waals surface area contributed by atoms with E-state index in [2.05, 4.69) is 10.5 Å². The lowest BCUT2D eigenvalue weighted by Gasteiger charge is -2.33. The molecule has 0 aromatic heterocycles. The van der Waals surface area contributed by atoms with Gasteiger partial charge < -0.3 is 24.8 Å². The molecule has 1 heterocycles. The van der Waals surface area contributed by atoms with E-state index in [4.69, 9.17) is 19.9 Å². The molecule has 0 spiro atoms. The largest absolute Gasteiger partial charge is 0.493 e. The van der Waals surface area contributed by atoms with Crippen LogP contribution in [-0.4, -0.2) is 57.4 Å². The van der Waals surface area contributed by atoms with Crippen molar-refractivity contribution in [2.75, 3.05) is 39.3 Å². The fourth-order valence-electron chi connectivity index (χ4n) is 3.89. The highest BCUT2D eigenvalue weighted by Crippen LogP contribution is 2.38. The van der Waals surface area contributed by atoms with Crippen molar-refractivity contribution in [2.24, 2.45) is 16.8 Å². The third kappa shape index (κ3) is 5.78. The lowest BCUT2D eigenvalue weighted by Crippen LogP contribution is -2.39. The van der Waals surface area contributed by atoms with E-state index in [1.54, 1.807) is 6.07 Å². The van der Waals surface area contributed by atoms with E-state index in [9.17, 15) is 19.7 Å². The van der Waals surface area contributed by atoms with Crippen LogP contribution in [0.1, 0.15) is 28.8 Å². The van der Waals surface area contributed by atoms with Crippen LogP contribution in [0.25, 0.3) is 0 Å². The molecule has 0 atom stereocenters. The van der Waals surface area contributed by atoms with Gasteiger partial charge in [-0.25, -0.2) is 5.43 Å². The second-order valence-electron chi connectivity index (χ2n) is 7.78. The summed E-state index contributed by atoms with van der Waals surface area (Å²) in [6.07, 6.45) is 2.51. The average molecular weight is 485 g/mol. The number of methoxy groups -OCH3 is 3. The van der Waals surface area contributed by atoms with Crippen molar-refractivity contribution < 1.29 is 28.7 Å². The number of hydrogen-bond acceptors (Lipinski definition) is 9. The van der Waals surface area contributed by atoms with Gasteiger partial charge in [0.05, 0.1) is 32.5 Å². The number of non-ortho nitro benzene ring substituents is 1. The molecule has 0 aliphatic carbocycles. The standard InChI is InChI=1S/C23H27N5O7/c1-33-19-11-15(12-20(34-2)21(19)35-3)23(30)26-25-13-16-10-17(28(31)32)4-5-18(16)27-8-6-14(7-9-27)22(24)29/h4-5,10-14H,6-9H2,1-3H3,(H2,24,29)(H,26,30)/b25-13-. The Kier molecular flexibility index (Phi) is 8.08. The fourth-order valence-corrected chi connectivity index (χ4v) is 3.89. The molecule has 1 saturated heterocycles. The van der Waals surface area contributed by atoms with E-state index in [1.807, 2.05) is 4.90 Å². The van der Waals surface area contributed by atoms with Crippen molar-refractivity contribution in [1.82, 2.24) is 5.43 Å². The topological polar surface area (TPSA) is 159 Å². The number of anilines is 1. The first-order valence-electron chi connectivity index (χ1n) is 10.7. The van der Waals surface area contributed by atoms with Crippen LogP contribution in [0, 0.1) is 16.0 Å². The van der Waals surface area contributed by atoms with E-state index < -0.39 is 10.8 Å². The Hall–Kier alpha value is -4.35. The third-order valence-electron chi connectivity index (χ3n) is 5.76. The van der Waals surface area contributed by atoms with Gasteiger partial charge in [-0.05, 0) is 31.0 Å². The molecule has 0 radical (unpaired) electrons. The second kappa shape index (κ2) is 11.2. The van der Waals surface area contributed by atoms with Gasteiger partial charge in [0.1, 0.15) is 0 Å². The monoisotopic (exact) mass is 485 g/mol. The highest BCUT2D eigenvalue weighted by atomic mass is 16.6. The Morgan fingerprint density at radius 1 is 1.11 bits per heavy atom. The maximum atomic E-state index is 12.7. The smallest absolute Gasteiger partial charge is 0.271 e. The fraction of sp³-hybridized carbons (Fsp3) is 0.348. The van der Waals surface area contributed by atoms with E-state index >= 15 is 0 Å². The molecule has 2 amide bonds. The quantitative estimate of drug-likeness (QED) is 0.310. The van der Waals surface area contributed by atoms with Crippen molar-refractivity contribution >= 4 is 29.4 Å². The van der Waals surface area contributed by atoms with Gasteiger partial charge in [0.15, 0.2) is 11.5 Å². The average Bonchev–Trinajstić information content (AvgIpc) is 2.87. The van der Waals surface area contributed by atoms with E-state index in [-0.39, 0.29) is 23.1 Å². The lowest BCUT2D eigenvalue weighted by atomic mass is 9.95. The zero-order valence-corrected chi connectivity index (χ0v) is 19.6. The maximum absolute atomic E-state index is 12.7. The minimum atomic E-state index is -0.547. The lowest BCUT2D eigenvalue weighted by molar-refractivity contribution is -0.384. The van der Waals surface area contributed by atoms with Crippen molar-refractivity contribution in [1.29, 1.82) is 0 Å². The highest BCUT2D eigenvalue weighted by Gasteiger charge is 2.25. The van der Waals surface area contributed by atoms with Gasteiger partial charge in [-0.2, -0.15) is 5.10 Å². The number of nitro benzene ring substituents is 1. The van der Waals surface area contributed by atoms with Crippen molar-refractivity contribution in [2.45, 2.75) is 12.8 Å². The number of carbonyl (C=O) groups is 2. The summed E-state index contributed by atoms with van der Waals surface area (Å²) in [5, 5.41) is 15.3. The summed E-state index contributed by atoms with van der Waals surface area (Å²) in [4.78, 5) is 37.0. The molecule has 0 saturated carbocycles. The molecule has 1 aliphatic heterocycles. The zero-order valence-electron chi connectivity index (χ0n) is 19.6. The summed E-state index contributed by atoms with van der Waals surface area (Å²) < 4.78 is 15.8. The SMILES string of the molecule is COc1cc(C(=O)N/N=C\c2cc([N+](=O)[O-])ccc2N2CCC(C(N)=O)CC2)cc(OC)c1OC. The number of amides is 2. The van der Waals surface area contributed by atoms with Crippen LogP contribution in [0.3, 0.4) is 0 Å². The number of carbonyl (C=O) groups excluding carboxylic acids is 2. The Labute approximate surface area is 201 Å². The Balaban J connectivity index is 1.82. The minimum Gasteiger partial charge on any atom is -0.493 e. The molecule has 3 rings (SSSR count). The van der Waals surface area contributed by atoms with Crippen molar-refractivity contribution in [3.63, 3.8) is 0 Å². The number of nitrogens with zero attached hydrogens (tertiary/aromatic N) is 3. The van der Waals surface area contributed by atoms with Gasteiger partial charge in [-0.15, -0.1) is 0 Å². The van der Waals surface area contributed by atoms with Crippen LogP contribution in [-0.2, 0) is 4.79 Å². The molecule has 35 heavy (non-hydrogen) atoms. The summed E-state index contributed by atoms with van der Waals surface area (Å²) in [5.74, 6) is -0.113. The van der Waals surface area contributed by atoms with Gasteiger partial charge in [0, 0.05) is 48.0 Å². The molecule has 2 aromatic carbocycles. The summed E-state index contributed by atoms with van der Waals surface area (Å²) in [6, 6.07) is 7.37. The van der Waals surface area contributed by atoms with Gasteiger partial charge in [0.25, 0.3) is 11.6 Å². The molecule has 0 bridgehead atoms. The van der Waals surface area contributed by atoms with E-state index in [0.29, 0.717) is 54.4 Å². The molecule has 1 aliphatic rings. The minimum absolute atomic E-state index is 0.113. The summed E-state index contributed by atoms with van der Waals surface area (Å²) in [6.45, 7) is 1.12. The highest BCUT2D eigenvalue weighted by molar-refractivity contribution is 5.97. The number of nitrogens with two attached hydrogens (primary N) is 1. The van der Waals surface area contributed by atoms with Crippen molar-refractivity contribution in [3.05, 3.63) is 51.6 Å². The molecule has 186 valence electrons. The van der Waals surface area contributed by atoms with Gasteiger partial charge in [-0.3, -0.25) is 19.7 Å². The first-order chi connectivity index (χ1) is 16.8. The van der Waals surface area contributed by atoms with Crippen LogP contribution in [0.15, 0.2) is 35.4 Å². The van der Waals surface area contributed by atoms with Gasteiger partial charge in [0.2, 0.25) is 11.7 Å². The number of rotatable bonds is 9. The van der Waals surface area contributed by atoms with Crippen LogP contribution in [0.5, 0.6) is 17.2 Å². The first-order valence-corrected chi connectivity index (χ1v) is 10.7. The Morgan fingerprint density at radius 2 is 1.74 bits per heavy atom. The molecule has 2 aromatic rings. The summed E-state index contributed by atoms with van der Waals surface area (Å²) >= 11 is 0. The number of hydrazone groups is 1. The number of benzene rings is 2. The van der Waals surface area contributed by atoms with E-state index in [1.165, 1.54) is 51.8 Å². The number of hydrogen-bond donors (Lipinski definition) is 2. The molecule has 12 heteroatoms. The number of primary amides is 1. The summed E-state index contributed by atoms with van der Waals surface area (Å²) in [5.41, 5.74) is 9.07. The Morgan fingerprint density at radius 3 is 2.26 bits per heavy atom. The van der Waals surface area contributed by atoms with Gasteiger partial charge >= 0.3 is 0 Å². The van der Waals surface area contributed by atoms with Crippen LogP contribution in [0.2, 0.25) is 0 Å². The molecule has 1 fully saturated rings. The van der Waals surface area contributed by atoms with Crippen molar-refractivity contribution in [3.8, 4) is 17.2 Å². The number of nitro groups is 1. The predicted octanol–water partition coefficient (Wildman–Crippen LogP) is 2.09. The number of nitrogens with one attached hydrogen (secondary N) is 1. The second-order valence-corrected chi connectivity index (χ2v) is 7.78. The van der Waals surface area contributed by atoms with Crippen LogP contribution in [0.4, 0.5) is 11.4 Å². The van der Waals surface area contributed by atoms with Gasteiger partial charge in [-0.1, -0.05) is 0 Å². The maximum Gasteiger partial charge on any atom is 0.271 e. The zero-order chi connectivity index (χ0) is 25.5. The van der Waals surface area contributed by atoms with E-state index in [0.717, 1.165) is 0 Å². The molecular weight excluding hydrogens is 458 g/mol.